The van der Waals surface area contributed by atoms with Gasteiger partial charge in [-0.05, 0) is 115 Å². The van der Waals surface area contributed by atoms with Crippen LogP contribution in [0.3, 0.4) is 0 Å². The van der Waals surface area contributed by atoms with E-state index in [1.807, 2.05) is 24.3 Å². The highest BCUT2D eigenvalue weighted by Crippen LogP contribution is 2.40. The maximum Gasteiger partial charge on any atom is 0.335 e. The monoisotopic (exact) mass is 754 g/mol. The Balaban J connectivity index is 1.22. The summed E-state index contributed by atoms with van der Waals surface area (Å²) in [6.45, 7) is 9.04. The Hall–Kier alpha value is -4.40. The van der Waals surface area contributed by atoms with E-state index in [1.54, 1.807) is 5.56 Å². The van der Waals surface area contributed by atoms with Crippen LogP contribution in [0.25, 0.3) is 11.1 Å². The highest BCUT2D eigenvalue weighted by Gasteiger charge is 2.24. The van der Waals surface area contributed by atoms with E-state index < -0.39 is 25.2 Å². The summed E-state index contributed by atoms with van der Waals surface area (Å²) in [7, 11) is 0. The van der Waals surface area contributed by atoms with Crippen LogP contribution >= 0.6 is 0 Å². The van der Waals surface area contributed by atoms with Gasteiger partial charge in [-0.25, -0.2) is 9.59 Å². The number of benzene rings is 3. The average Bonchev–Trinajstić information content (AvgIpc) is 3.22. The number of aliphatic hydroxyl groups excluding tert-OH is 2. The lowest BCUT2D eigenvalue weighted by Crippen LogP contribution is -2.15. The number of aryl methyl sites for hydroxylation is 2. The Morgan fingerprint density at radius 1 is 0.636 bits per heavy atom. The molecule has 0 unspecified atom stereocenters. The molecule has 0 heterocycles. The van der Waals surface area contributed by atoms with Crippen molar-refractivity contribution in [1.82, 2.24) is 0 Å². The van der Waals surface area contributed by atoms with E-state index in [9.17, 15) is 9.59 Å². The first-order valence-electron chi connectivity index (χ1n) is 20.3. The lowest BCUT2D eigenvalue weighted by Gasteiger charge is -2.30. The molecule has 2 N–H and O–H groups in total. The molecule has 1 aliphatic carbocycles. The lowest BCUT2D eigenvalue weighted by molar-refractivity contribution is -0.141. The largest absolute Gasteiger partial charge is 0.490 e. The minimum atomic E-state index is -0.608. The van der Waals surface area contributed by atoms with Gasteiger partial charge in [0.1, 0.15) is 37.9 Å². The van der Waals surface area contributed by atoms with Crippen molar-refractivity contribution in [1.29, 1.82) is 0 Å². The SMILES string of the molecule is C=C(CO)C(=O)OCCOc1ccc(CCCCC2CCC(c3ccc(-c4ccc(OCCOC(=O)C(=C)CO)cc4)cc3CCCCCCC)CC2)cc1. The van der Waals surface area contributed by atoms with Crippen LogP contribution in [-0.2, 0) is 31.9 Å². The van der Waals surface area contributed by atoms with Gasteiger partial charge in [-0.1, -0.05) is 101 Å². The van der Waals surface area contributed by atoms with Crippen molar-refractivity contribution in [3.8, 4) is 22.6 Å². The maximum absolute atomic E-state index is 11.7. The molecule has 8 heteroatoms. The van der Waals surface area contributed by atoms with Crippen LogP contribution in [0.4, 0.5) is 0 Å². The summed E-state index contributed by atoms with van der Waals surface area (Å²) in [5.74, 6) is 1.68. The summed E-state index contributed by atoms with van der Waals surface area (Å²) >= 11 is 0. The van der Waals surface area contributed by atoms with Crippen LogP contribution in [0.1, 0.15) is 107 Å². The van der Waals surface area contributed by atoms with Gasteiger partial charge in [0.15, 0.2) is 0 Å². The molecular formula is C47H62O8. The van der Waals surface area contributed by atoms with Gasteiger partial charge in [0.25, 0.3) is 0 Å². The van der Waals surface area contributed by atoms with Crippen LogP contribution in [0.5, 0.6) is 11.5 Å². The third kappa shape index (κ3) is 15.0. The second-order valence-corrected chi connectivity index (χ2v) is 14.7. The van der Waals surface area contributed by atoms with Gasteiger partial charge < -0.3 is 29.2 Å². The van der Waals surface area contributed by atoms with E-state index in [4.69, 9.17) is 29.2 Å². The van der Waals surface area contributed by atoms with Gasteiger partial charge in [-0.3, -0.25) is 0 Å². The topological polar surface area (TPSA) is 112 Å². The molecule has 0 saturated heterocycles. The van der Waals surface area contributed by atoms with E-state index in [1.165, 1.54) is 93.7 Å². The Kier molecular flexibility index (Phi) is 19.1. The molecule has 1 fully saturated rings. The second-order valence-electron chi connectivity index (χ2n) is 14.7. The molecular weight excluding hydrogens is 693 g/mol. The predicted octanol–water partition coefficient (Wildman–Crippen LogP) is 9.49. The molecule has 0 amide bonds. The van der Waals surface area contributed by atoms with E-state index in [2.05, 4.69) is 62.5 Å². The highest BCUT2D eigenvalue weighted by molar-refractivity contribution is 5.88. The first kappa shape index (κ1) is 43.3. The number of carbonyl (C=O) groups is 2. The van der Waals surface area contributed by atoms with Crippen LogP contribution in [0.15, 0.2) is 91.0 Å². The van der Waals surface area contributed by atoms with E-state index in [-0.39, 0.29) is 37.6 Å². The second kappa shape index (κ2) is 24.2. The van der Waals surface area contributed by atoms with Gasteiger partial charge in [0, 0.05) is 0 Å². The van der Waals surface area contributed by atoms with Gasteiger partial charge >= 0.3 is 11.9 Å². The summed E-state index contributed by atoms with van der Waals surface area (Å²) in [5.41, 5.74) is 6.82. The molecule has 1 aliphatic rings. The molecule has 0 radical (unpaired) electrons. The quantitative estimate of drug-likeness (QED) is 0.0500. The first-order chi connectivity index (χ1) is 26.8. The summed E-state index contributed by atoms with van der Waals surface area (Å²) in [6, 6.07) is 23.4. The zero-order chi connectivity index (χ0) is 39.3. The zero-order valence-electron chi connectivity index (χ0n) is 32.9. The molecule has 298 valence electrons. The third-order valence-electron chi connectivity index (χ3n) is 10.5. The van der Waals surface area contributed by atoms with Crippen LogP contribution in [-0.4, -0.2) is 61.8 Å². The van der Waals surface area contributed by atoms with Gasteiger partial charge in [-0.2, -0.15) is 0 Å². The fraction of sp³-hybridized carbons (Fsp3) is 0.489. The zero-order valence-corrected chi connectivity index (χ0v) is 32.9. The molecule has 0 spiro atoms. The van der Waals surface area contributed by atoms with Crippen LogP contribution < -0.4 is 9.47 Å². The Labute approximate surface area is 328 Å². The van der Waals surface area contributed by atoms with Gasteiger partial charge in [-0.15, -0.1) is 0 Å². The van der Waals surface area contributed by atoms with Crippen molar-refractivity contribution in [3.05, 3.63) is 108 Å². The minimum absolute atomic E-state index is 0.0313. The molecule has 3 aromatic rings. The molecule has 0 bridgehead atoms. The molecule has 0 aliphatic heterocycles. The van der Waals surface area contributed by atoms with Gasteiger partial charge in [0.2, 0.25) is 0 Å². The summed E-state index contributed by atoms with van der Waals surface area (Å²) in [4.78, 5) is 23.2. The van der Waals surface area contributed by atoms with Crippen LogP contribution in [0, 0.1) is 5.92 Å². The molecule has 55 heavy (non-hydrogen) atoms. The fourth-order valence-electron chi connectivity index (χ4n) is 7.26. The van der Waals surface area contributed by atoms with E-state index >= 15 is 0 Å². The van der Waals surface area contributed by atoms with Crippen LogP contribution in [0.2, 0.25) is 0 Å². The number of rotatable bonds is 25. The third-order valence-corrected chi connectivity index (χ3v) is 10.5. The molecule has 0 aromatic heterocycles. The minimum Gasteiger partial charge on any atom is -0.490 e. The van der Waals surface area contributed by atoms with Gasteiger partial charge in [0.05, 0.1) is 24.4 Å². The van der Waals surface area contributed by atoms with Crippen molar-refractivity contribution >= 4 is 11.9 Å². The Bertz CT molecular complexity index is 1620. The van der Waals surface area contributed by atoms with Crippen molar-refractivity contribution in [2.24, 2.45) is 5.92 Å². The van der Waals surface area contributed by atoms with E-state index in [0.717, 1.165) is 30.1 Å². The number of carbonyl (C=O) groups excluding carboxylic acids is 2. The molecule has 8 nitrogen and oxygen atoms in total. The molecule has 4 rings (SSSR count). The number of ether oxygens (including phenoxy) is 4. The standard InChI is InChI=1S/C47H62O8/c1-4-5-6-7-8-13-42-32-41(39-20-25-44(26-21-39)53-29-31-55-47(51)36(3)34-49)22-27-45(42)40-18-14-37(15-19-40)11-9-10-12-38-16-23-43(24-17-38)52-28-30-54-46(50)35(2)33-48/h16-17,20-27,32,37,40,48-49H,2-15,18-19,28-31,33-34H2,1H3. The number of unbranched alkanes of at least 4 members (excludes halogenated alkanes) is 5. The van der Waals surface area contributed by atoms with Crippen molar-refractivity contribution < 1.29 is 38.7 Å². The highest BCUT2D eigenvalue weighted by atomic mass is 16.6. The maximum atomic E-state index is 11.7. The summed E-state index contributed by atoms with van der Waals surface area (Å²) in [5, 5.41) is 17.9. The Morgan fingerprint density at radius 3 is 1.76 bits per heavy atom. The molecule has 1 saturated carbocycles. The van der Waals surface area contributed by atoms with Crippen molar-refractivity contribution in [2.75, 3.05) is 39.6 Å². The normalized spacial score (nSPS) is 15.3. The summed E-state index contributed by atoms with van der Waals surface area (Å²) in [6.07, 6.45) is 17.4. The van der Waals surface area contributed by atoms with Crippen molar-refractivity contribution in [3.63, 3.8) is 0 Å². The first-order valence-corrected chi connectivity index (χ1v) is 20.3. The van der Waals surface area contributed by atoms with Crippen molar-refractivity contribution in [2.45, 2.75) is 103 Å². The summed E-state index contributed by atoms with van der Waals surface area (Å²) < 4.78 is 21.5. The predicted molar refractivity (Wildman–Crippen MR) is 218 cm³/mol. The number of hydrogen-bond donors (Lipinski definition) is 2. The molecule has 0 atom stereocenters. The van der Waals surface area contributed by atoms with E-state index in [0.29, 0.717) is 11.7 Å². The Morgan fingerprint density at radius 2 is 1.18 bits per heavy atom. The smallest absolute Gasteiger partial charge is 0.335 e. The fourth-order valence-corrected chi connectivity index (χ4v) is 7.26. The lowest BCUT2D eigenvalue weighted by atomic mass is 9.75. The number of esters is 2. The number of aliphatic hydroxyl groups is 2. The number of hydrogen-bond acceptors (Lipinski definition) is 8. The average molecular weight is 755 g/mol. The molecule has 3 aromatic carbocycles.